The summed E-state index contributed by atoms with van der Waals surface area (Å²) in [5.74, 6) is 5.78. The van der Waals surface area contributed by atoms with Crippen molar-refractivity contribution in [3.8, 4) is 0 Å². The van der Waals surface area contributed by atoms with Gasteiger partial charge in [0.25, 0.3) is 0 Å². The molecule has 0 bridgehead atoms. The summed E-state index contributed by atoms with van der Waals surface area (Å²) in [5.41, 5.74) is 0. The lowest BCUT2D eigenvalue weighted by atomic mass is 10.3. The summed E-state index contributed by atoms with van der Waals surface area (Å²) in [6.07, 6.45) is 0. The summed E-state index contributed by atoms with van der Waals surface area (Å²) in [6, 6.07) is 0. The molecule has 0 aliphatic carbocycles. The van der Waals surface area contributed by atoms with Crippen LogP contribution in [0.5, 0.6) is 0 Å². The van der Waals surface area contributed by atoms with Gasteiger partial charge < -0.3 is 0 Å². The summed E-state index contributed by atoms with van der Waals surface area (Å²) in [4.78, 5) is 12.8. The van der Waals surface area contributed by atoms with Gasteiger partial charge in [-0.15, -0.1) is 0 Å². The summed E-state index contributed by atoms with van der Waals surface area (Å²) in [5, 5.41) is 1.79. The Balaban J connectivity index is 2.22. The van der Waals surface area contributed by atoms with Crippen LogP contribution >= 0.6 is 0 Å². The lowest BCUT2D eigenvalue weighted by Crippen LogP contribution is -2.50. The highest BCUT2D eigenvalue weighted by molar-refractivity contribution is 5.77. The van der Waals surface area contributed by atoms with Crippen LogP contribution in [-0.4, -0.2) is 48.4 Å². The van der Waals surface area contributed by atoms with E-state index in [1.807, 2.05) is 0 Å². The molecule has 1 aliphatic heterocycles. The van der Waals surface area contributed by atoms with Crippen LogP contribution in [0.15, 0.2) is 0 Å². The molecule has 0 atom stereocenters. The highest BCUT2D eigenvalue weighted by atomic mass is 16.1. The van der Waals surface area contributed by atoms with E-state index in [1.165, 1.54) is 0 Å². The van der Waals surface area contributed by atoms with Crippen molar-refractivity contribution in [3.63, 3.8) is 0 Å². The van der Waals surface area contributed by atoms with Crippen LogP contribution in [-0.2, 0) is 4.79 Å². The highest BCUT2D eigenvalue weighted by Crippen LogP contribution is 1.96. The first-order valence-corrected chi connectivity index (χ1v) is 3.90. The average Bonchev–Trinajstić information content (AvgIpc) is 1.93. The largest absolute Gasteiger partial charge is 0.299 e. The first-order chi connectivity index (χ1) is 5.18. The second-order valence-corrected chi connectivity index (χ2v) is 3.01. The van der Waals surface area contributed by atoms with E-state index >= 15 is 0 Å². The van der Waals surface area contributed by atoms with Crippen LogP contribution in [0.3, 0.4) is 0 Å². The van der Waals surface area contributed by atoms with Crippen molar-refractivity contribution in [3.05, 3.63) is 0 Å². The second kappa shape index (κ2) is 3.80. The maximum Gasteiger partial charge on any atom is 0.143 e. The Morgan fingerprint density at radius 1 is 1.36 bits per heavy atom. The third-order valence-corrected chi connectivity index (χ3v) is 1.85. The number of nitrogens with two attached hydrogens (primary N) is 1. The lowest BCUT2D eigenvalue weighted by Gasteiger charge is -2.30. The minimum Gasteiger partial charge on any atom is -0.299 e. The van der Waals surface area contributed by atoms with Crippen LogP contribution in [0.1, 0.15) is 6.92 Å². The van der Waals surface area contributed by atoms with E-state index in [1.54, 1.807) is 11.9 Å². The van der Waals surface area contributed by atoms with Gasteiger partial charge in [-0.25, -0.2) is 5.01 Å². The van der Waals surface area contributed by atoms with Crippen molar-refractivity contribution in [2.24, 2.45) is 5.84 Å². The topological polar surface area (TPSA) is 49.6 Å². The van der Waals surface area contributed by atoms with E-state index in [4.69, 9.17) is 5.84 Å². The standard InChI is InChI=1S/C7H15N3O/c1-7(11)6-9-2-4-10(8)5-3-9/h2-6,8H2,1H3. The van der Waals surface area contributed by atoms with Gasteiger partial charge in [0.1, 0.15) is 5.78 Å². The maximum atomic E-state index is 10.7. The van der Waals surface area contributed by atoms with Crippen LogP contribution < -0.4 is 5.84 Å². The Morgan fingerprint density at radius 2 is 1.91 bits per heavy atom. The average molecular weight is 157 g/mol. The molecule has 0 spiro atoms. The van der Waals surface area contributed by atoms with Crippen molar-refractivity contribution in [1.29, 1.82) is 0 Å². The Morgan fingerprint density at radius 3 is 2.36 bits per heavy atom. The number of rotatable bonds is 2. The first-order valence-electron chi connectivity index (χ1n) is 3.90. The van der Waals surface area contributed by atoms with E-state index < -0.39 is 0 Å². The molecule has 2 N–H and O–H groups in total. The molecule has 1 aliphatic rings. The van der Waals surface area contributed by atoms with Gasteiger partial charge >= 0.3 is 0 Å². The van der Waals surface area contributed by atoms with Gasteiger partial charge in [-0.05, 0) is 6.92 Å². The quantitative estimate of drug-likeness (QED) is 0.526. The zero-order valence-corrected chi connectivity index (χ0v) is 6.92. The predicted molar refractivity (Wildman–Crippen MR) is 42.9 cm³/mol. The number of piperazine rings is 1. The molecular weight excluding hydrogens is 142 g/mol. The van der Waals surface area contributed by atoms with Gasteiger partial charge in [-0.3, -0.25) is 15.5 Å². The lowest BCUT2D eigenvalue weighted by molar-refractivity contribution is -0.118. The van der Waals surface area contributed by atoms with Crippen molar-refractivity contribution in [2.75, 3.05) is 32.7 Å². The molecular formula is C7H15N3O. The Bertz CT molecular complexity index is 141. The van der Waals surface area contributed by atoms with Gasteiger partial charge in [-0.2, -0.15) is 0 Å². The number of carbonyl (C=O) groups excluding carboxylic acids is 1. The van der Waals surface area contributed by atoms with Crippen LogP contribution in [0, 0.1) is 0 Å². The zero-order valence-electron chi connectivity index (χ0n) is 6.92. The third kappa shape index (κ3) is 2.96. The summed E-state index contributed by atoms with van der Waals surface area (Å²) in [6.45, 7) is 5.76. The highest BCUT2D eigenvalue weighted by Gasteiger charge is 2.14. The van der Waals surface area contributed by atoms with Crippen molar-refractivity contribution >= 4 is 5.78 Å². The van der Waals surface area contributed by atoms with Crippen molar-refractivity contribution in [2.45, 2.75) is 6.92 Å². The normalized spacial score (nSPS) is 22.0. The summed E-state index contributed by atoms with van der Waals surface area (Å²) >= 11 is 0. The number of hydrogen-bond acceptors (Lipinski definition) is 4. The number of ketones is 1. The van der Waals surface area contributed by atoms with Crippen LogP contribution in [0.4, 0.5) is 0 Å². The maximum absolute atomic E-state index is 10.7. The van der Waals surface area contributed by atoms with E-state index in [-0.39, 0.29) is 5.78 Å². The molecule has 1 heterocycles. The second-order valence-electron chi connectivity index (χ2n) is 3.01. The van der Waals surface area contributed by atoms with Gasteiger partial charge in [0.05, 0.1) is 6.54 Å². The minimum absolute atomic E-state index is 0.232. The SMILES string of the molecule is CC(=O)CN1CCN(N)CC1. The van der Waals surface area contributed by atoms with Crippen molar-refractivity contribution in [1.82, 2.24) is 9.91 Å². The fraction of sp³-hybridized carbons (Fsp3) is 0.857. The third-order valence-electron chi connectivity index (χ3n) is 1.85. The number of hydrogen-bond donors (Lipinski definition) is 1. The molecule has 0 amide bonds. The Kier molecular flexibility index (Phi) is 2.99. The fourth-order valence-corrected chi connectivity index (χ4v) is 1.24. The molecule has 0 saturated carbocycles. The van der Waals surface area contributed by atoms with Gasteiger partial charge in [0, 0.05) is 26.2 Å². The zero-order chi connectivity index (χ0) is 8.27. The molecule has 4 nitrogen and oxygen atoms in total. The number of carbonyl (C=O) groups is 1. The molecule has 1 fully saturated rings. The number of nitrogens with zero attached hydrogens (tertiary/aromatic N) is 2. The number of hydrazine groups is 1. The monoisotopic (exact) mass is 157 g/mol. The van der Waals surface area contributed by atoms with E-state index in [2.05, 4.69) is 4.90 Å². The van der Waals surface area contributed by atoms with Gasteiger partial charge in [0.15, 0.2) is 0 Å². The van der Waals surface area contributed by atoms with Crippen LogP contribution in [0.2, 0.25) is 0 Å². The molecule has 0 unspecified atom stereocenters. The molecule has 64 valence electrons. The van der Waals surface area contributed by atoms with Crippen LogP contribution in [0.25, 0.3) is 0 Å². The molecule has 4 heteroatoms. The molecule has 1 rings (SSSR count). The fourth-order valence-electron chi connectivity index (χ4n) is 1.24. The van der Waals surface area contributed by atoms with Gasteiger partial charge in [0.2, 0.25) is 0 Å². The Labute approximate surface area is 66.9 Å². The van der Waals surface area contributed by atoms with E-state index in [9.17, 15) is 4.79 Å². The molecule has 0 aromatic rings. The van der Waals surface area contributed by atoms with E-state index in [0.717, 1.165) is 26.2 Å². The molecule has 1 saturated heterocycles. The molecule has 0 aromatic heterocycles. The smallest absolute Gasteiger partial charge is 0.143 e. The number of Topliss-reactive ketones (excluding diaryl/α,β-unsaturated/α-hetero) is 1. The molecule has 0 radical (unpaired) electrons. The minimum atomic E-state index is 0.232. The van der Waals surface area contributed by atoms with E-state index in [0.29, 0.717) is 6.54 Å². The van der Waals surface area contributed by atoms with Crippen molar-refractivity contribution < 1.29 is 4.79 Å². The Hall–Kier alpha value is -0.450. The van der Waals surface area contributed by atoms with Gasteiger partial charge in [-0.1, -0.05) is 0 Å². The predicted octanol–water partition coefficient (Wildman–Crippen LogP) is -0.933. The first kappa shape index (κ1) is 8.64. The summed E-state index contributed by atoms with van der Waals surface area (Å²) < 4.78 is 0. The summed E-state index contributed by atoms with van der Waals surface area (Å²) in [7, 11) is 0. The molecule has 11 heavy (non-hydrogen) atoms. The molecule has 0 aromatic carbocycles.